The Morgan fingerprint density at radius 1 is 1.19 bits per heavy atom. The SMILES string of the molecule is O=C(COC(=O)COc1ccc(F)cc1Br)Nc1cccc2nsnc12. The number of rotatable bonds is 6. The Morgan fingerprint density at radius 2 is 2.04 bits per heavy atom. The Kier molecular flexibility index (Phi) is 5.74. The van der Waals surface area contributed by atoms with Gasteiger partial charge in [0.05, 0.1) is 21.9 Å². The molecule has 0 spiro atoms. The maximum atomic E-state index is 13.0. The highest BCUT2D eigenvalue weighted by molar-refractivity contribution is 9.10. The predicted octanol–water partition coefficient (Wildman–Crippen LogP) is 3.15. The van der Waals surface area contributed by atoms with E-state index in [4.69, 9.17) is 9.47 Å². The Hall–Kier alpha value is -2.59. The van der Waals surface area contributed by atoms with Gasteiger partial charge in [0.2, 0.25) is 0 Å². The summed E-state index contributed by atoms with van der Waals surface area (Å²) in [6, 6.07) is 8.98. The minimum Gasteiger partial charge on any atom is -0.481 e. The third kappa shape index (κ3) is 4.52. The standard InChI is InChI=1S/C16H11BrFN3O4S/c17-10-6-9(18)4-5-13(10)24-8-15(23)25-7-14(22)19-11-2-1-3-12-16(11)21-26-20-12/h1-6H,7-8H2,(H,19,22). The van der Waals surface area contributed by atoms with Gasteiger partial charge in [-0.15, -0.1) is 0 Å². The highest BCUT2D eigenvalue weighted by atomic mass is 79.9. The number of benzene rings is 2. The number of anilines is 1. The number of fused-ring (bicyclic) bond motifs is 1. The highest BCUT2D eigenvalue weighted by Crippen LogP contribution is 2.25. The monoisotopic (exact) mass is 439 g/mol. The minimum absolute atomic E-state index is 0.288. The van der Waals surface area contributed by atoms with Crippen LogP contribution in [0.15, 0.2) is 40.9 Å². The fourth-order valence-corrected chi connectivity index (χ4v) is 3.02. The molecule has 1 N–H and O–H groups in total. The molecule has 0 fully saturated rings. The van der Waals surface area contributed by atoms with Gasteiger partial charge in [-0.2, -0.15) is 8.75 Å². The van der Waals surface area contributed by atoms with E-state index in [0.717, 1.165) is 11.7 Å². The Morgan fingerprint density at radius 3 is 2.85 bits per heavy atom. The van der Waals surface area contributed by atoms with E-state index >= 15 is 0 Å². The first-order chi connectivity index (χ1) is 12.5. The molecule has 134 valence electrons. The lowest BCUT2D eigenvalue weighted by atomic mass is 10.2. The zero-order valence-corrected chi connectivity index (χ0v) is 15.5. The smallest absolute Gasteiger partial charge is 0.344 e. The summed E-state index contributed by atoms with van der Waals surface area (Å²) in [6.07, 6.45) is 0. The number of nitrogens with one attached hydrogen (secondary N) is 1. The largest absolute Gasteiger partial charge is 0.481 e. The molecule has 0 unspecified atom stereocenters. The first-order valence-corrected chi connectivity index (χ1v) is 8.80. The molecular formula is C16H11BrFN3O4S. The lowest BCUT2D eigenvalue weighted by molar-refractivity contribution is -0.149. The summed E-state index contributed by atoms with van der Waals surface area (Å²) in [5.74, 6) is -1.39. The van der Waals surface area contributed by atoms with E-state index in [2.05, 4.69) is 30.0 Å². The van der Waals surface area contributed by atoms with E-state index in [-0.39, 0.29) is 5.75 Å². The number of halogens is 2. The number of amides is 1. The maximum absolute atomic E-state index is 13.0. The van der Waals surface area contributed by atoms with Crippen LogP contribution in [0.4, 0.5) is 10.1 Å². The van der Waals surface area contributed by atoms with E-state index in [9.17, 15) is 14.0 Å². The molecule has 3 rings (SSSR count). The first kappa shape index (κ1) is 18.2. The summed E-state index contributed by atoms with van der Waals surface area (Å²) in [5.41, 5.74) is 1.73. The van der Waals surface area contributed by atoms with Gasteiger partial charge in [-0.3, -0.25) is 4.79 Å². The lowest BCUT2D eigenvalue weighted by Gasteiger charge is -2.09. The summed E-state index contributed by atoms with van der Waals surface area (Å²) in [6.45, 7) is -0.885. The molecule has 0 aliphatic carbocycles. The number of esters is 1. The maximum Gasteiger partial charge on any atom is 0.344 e. The fourth-order valence-electron chi connectivity index (χ4n) is 2.01. The van der Waals surface area contributed by atoms with Crippen LogP contribution >= 0.6 is 27.7 Å². The number of ether oxygens (including phenoxy) is 2. The Bertz CT molecular complexity index is 966. The molecule has 1 amide bonds. The number of carbonyl (C=O) groups excluding carboxylic acids is 2. The van der Waals surface area contributed by atoms with Crippen LogP contribution in [-0.2, 0) is 14.3 Å². The van der Waals surface area contributed by atoms with Crippen LogP contribution in [0.3, 0.4) is 0 Å². The zero-order valence-electron chi connectivity index (χ0n) is 13.1. The predicted molar refractivity (Wildman–Crippen MR) is 96.6 cm³/mol. The van der Waals surface area contributed by atoms with Crippen LogP contribution < -0.4 is 10.1 Å². The Labute approximate surface area is 159 Å². The van der Waals surface area contributed by atoms with Crippen molar-refractivity contribution < 1.29 is 23.5 Å². The van der Waals surface area contributed by atoms with Crippen molar-refractivity contribution in [3.63, 3.8) is 0 Å². The first-order valence-electron chi connectivity index (χ1n) is 7.27. The zero-order chi connectivity index (χ0) is 18.5. The highest BCUT2D eigenvalue weighted by Gasteiger charge is 2.12. The van der Waals surface area contributed by atoms with Gasteiger partial charge in [0, 0.05) is 0 Å². The molecule has 0 bridgehead atoms. The topological polar surface area (TPSA) is 90.4 Å². The van der Waals surface area contributed by atoms with Gasteiger partial charge in [0.1, 0.15) is 22.6 Å². The van der Waals surface area contributed by atoms with Crippen LogP contribution in [0.2, 0.25) is 0 Å². The third-order valence-corrected chi connectivity index (χ3v) is 4.33. The molecule has 2 aromatic carbocycles. The average Bonchev–Trinajstić information content (AvgIpc) is 3.09. The van der Waals surface area contributed by atoms with Crippen molar-refractivity contribution in [2.75, 3.05) is 18.5 Å². The van der Waals surface area contributed by atoms with Crippen LogP contribution in [-0.4, -0.2) is 33.8 Å². The number of aromatic nitrogens is 2. The molecule has 10 heteroatoms. The van der Waals surface area contributed by atoms with Crippen molar-refractivity contribution in [3.8, 4) is 5.75 Å². The summed E-state index contributed by atoms with van der Waals surface area (Å²) in [5, 5.41) is 2.61. The molecule has 0 aliphatic heterocycles. The van der Waals surface area contributed by atoms with E-state index in [1.165, 1.54) is 18.2 Å². The average molecular weight is 440 g/mol. The van der Waals surface area contributed by atoms with Crippen LogP contribution in [0.1, 0.15) is 0 Å². The van der Waals surface area contributed by atoms with Crippen molar-refractivity contribution in [3.05, 3.63) is 46.7 Å². The summed E-state index contributed by atoms with van der Waals surface area (Å²) in [4.78, 5) is 23.6. The molecule has 0 saturated heterocycles. The Balaban J connectivity index is 1.48. The number of carbonyl (C=O) groups is 2. The van der Waals surface area contributed by atoms with Gasteiger partial charge < -0.3 is 14.8 Å². The lowest BCUT2D eigenvalue weighted by Crippen LogP contribution is -2.23. The molecular weight excluding hydrogens is 429 g/mol. The van der Waals surface area contributed by atoms with Gasteiger partial charge in [-0.1, -0.05) is 6.07 Å². The number of hydrogen-bond acceptors (Lipinski definition) is 7. The van der Waals surface area contributed by atoms with Gasteiger partial charge in [-0.25, -0.2) is 9.18 Å². The molecule has 3 aromatic rings. The van der Waals surface area contributed by atoms with Crippen molar-refractivity contribution in [1.82, 2.24) is 8.75 Å². The van der Waals surface area contributed by atoms with E-state index in [0.29, 0.717) is 21.2 Å². The van der Waals surface area contributed by atoms with Crippen LogP contribution in [0, 0.1) is 5.82 Å². The second kappa shape index (κ2) is 8.19. The van der Waals surface area contributed by atoms with E-state index in [1.54, 1.807) is 18.2 Å². The second-order valence-electron chi connectivity index (χ2n) is 5.01. The molecule has 1 heterocycles. The van der Waals surface area contributed by atoms with Crippen molar-refractivity contribution in [2.24, 2.45) is 0 Å². The fraction of sp³-hybridized carbons (Fsp3) is 0.125. The normalized spacial score (nSPS) is 10.5. The van der Waals surface area contributed by atoms with Gasteiger partial charge in [0.25, 0.3) is 5.91 Å². The van der Waals surface area contributed by atoms with Gasteiger partial charge in [0.15, 0.2) is 13.2 Å². The summed E-state index contributed by atoms with van der Waals surface area (Å²) in [7, 11) is 0. The number of nitrogens with zero attached hydrogens (tertiary/aromatic N) is 2. The summed E-state index contributed by atoms with van der Waals surface area (Å²) >= 11 is 4.16. The van der Waals surface area contributed by atoms with Crippen LogP contribution in [0.25, 0.3) is 11.0 Å². The molecule has 0 aliphatic rings. The molecule has 0 atom stereocenters. The molecule has 0 radical (unpaired) electrons. The second-order valence-corrected chi connectivity index (χ2v) is 6.39. The third-order valence-electron chi connectivity index (χ3n) is 3.16. The van der Waals surface area contributed by atoms with Crippen molar-refractivity contribution in [2.45, 2.75) is 0 Å². The molecule has 7 nitrogen and oxygen atoms in total. The van der Waals surface area contributed by atoms with E-state index in [1.807, 2.05) is 0 Å². The molecule has 26 heavy (non-hydrogen) atoms. The molecule has 0 saturated carbocycles. The van der Waals surface area contributed by atoms with Gasteiger partial charge in [-0.05, 0) is 46.3 Å². The van der Waals surface area contributed by atoms with Crippen molar-refractivity contribution >= 4 is 56.3 Å². The number of hydrogen-bond donors (Lipinski definition) is 1. The van der Waals surface area contributed by atoms with Crippen molar-refractivity contribution in [1.29, 1.82) is 0 Å². The summed E-state index contributed by atoms with van der Waals surface area (Å²) < 4.78 is 31.6. The van der Waals surface area contributed by atoms with E-state index < -0.39 is 30.9 Å². The quantitative estimate of drug-likeness (QED) is 0.593. The minimum atomic E-state index is -0.732. The van der Waals surface area contributed by atoms with Gasteiger partial charge >= 0.3 is 5.97 Å². The van der Waals surface area contributed by atoms with Crippen LogP contribution in [0.5, 0.6) is 5.75 Å². The molecule has 1 aromatic heterocycles.